The van der Waals surface area contributed by atoms with Crippen molar-refractivity contribution in [1.82, 2.24) is 9.97 Å². The van der Waals surface area contributed by atoms with Crippen LogP contribution in [0.5, 0.6) is 0 Å². The molecule has 5 nitrogen and oxygen atoms in total. The van der Waals surface area contributed by atoms with Crippen molar-refractivity contribution in [3.8, 4) is 0 Å². The second kappa shape index (κ2) is 7.72. The van der Waals surface area contributed by atoms with Crippen molar-refractivity contribution in [2.75, 3.05) is 17.2 Å². The molecule has 0 aliphatic carbocycles. The van der Waals surface area contributed by atoms with Crippen LogP contribution in [0.15, 0.2) is 36.5 Å². The molecular formula is C18H24N4O. The molecule has 0 saturated carbocycles. The van der Waals surface area contributed by atoms with Gasteiger partial charge in [0.15, 0.2) is 0 Å². The summed E-state index contributed by atoms with van der Waals surface area (Å²) in [6, 6.07) is 9.44. The van der Waals surface area contributed by atoms with E-state index in [1.165, 1.54) is 0 Å². The summed E-state index contributed by atoms with van der Waals surface area (Å²) in [4.78, 5) is 20.9. The molecule has 122 valence electrons. The summed E-state index contributed by atoms with van der Waals surface area (Å²) in [5.74, 6) is 1.06. The van der Waals surface area contributed by atoms with Crippen LogP contribution < -0.4 is 10.6 Å². The fraction of sp³-hybridized carbons (Fsp3) is 0.389. The van der Waals surface area contributed by atoms with Gasteiger partial charge < -0.3 is 10.6 Å². The maximum atomic E-state index is 12.5. The Balaban J connectivity index is 2.14. The second-order valence-electron chi connectivity index (χ2n) is 6.24. The van der Waals surface area contributed by atoms with E-state index in [2.05, 4.69) is 48.3 Å². The molecule has 23 heavy (non-hydrogen) atoms. The smallest absolute Gasteiger partial charge is 0.274 e. The largest absolute Gasteiger partial charge is 0.354 e. The van der Waals surface area contributed by atoms with E-state index in [4.69, 9.17) is 0 Å². The maximum absolute atomic E-state index is 12.5. The number of aromatic nitrogens is 2. The highest BCUT2D eigenvalue weighted by Gasteiger charge is 2.12. The zero-order valence-corrected chi connectivity index (χ0v) is 14.1. The van der Waals surface area contributed by atoms with E-state index in [1.807, 2.05) is 24.3 Å². The van der Waals surface area contributed by atoms with Crippen molar-refractivity contribution in [2.45, 2.75) is 33.6 Å². The number of carbonyl (C=O) groups is 1. The zero-order valence-electron chi connectivity index (χ0n) is 14.1. The van der Waals surface area contributed by atoms with E-state index in [0.29, 0.717) is 23.5 Å². The van der Waals surface area contributed by atoms with Gasteiger partial charge in [0.05, 0.1) is 0 Å². The van der Waals surface area contributed by atoms with Crippen molar-refractivity contribution in [3.05, 3.63) is 47.8 Å². The van der Waals surface area contributed by atoms with Crippen LogP contribution in [-0.4, -0.2) is 22.4 Å². The van der Waals surface area contributed by atoms with Crippen molar-refractivity contribution in [2.24, 2.45) is 5.92 Å². The lowest BCUT2D eigenvalue weighted by molar-refractivity contribution is 0.102. The number of rotatable bonds is 6. The molecule has 1 heterocycles. The lowest BCUT2D eigenvalue weighted by Crippen LogP contribution is -2.17. The first-order chi connectivity index (χ1) is 11.0. The molecule has 2 N–H and O–H groups in total. The van der Waals surface area contributed by atoms with E-state index in [1.54, 1.807) is 12.3 Å². The summed E-state index contributed by atoms with van der Waals surface area (Å²) in [5.41, 5.74) is 2.28. The summed E-state index contributed by atoms with van der Waals surface area (Å²) in [6.07, 6.45) is 1.60. The summed E-state index contributed by atoms with van der Waals surface area (Å²) in [6.45, 7) is 9.17. The van der Waals surface area contributed by atoms with Crippen LogP contribution in [0.2, 0.25) is 0 Å². The van der Waals surface area contributed by atoms with Crippen LogP contribution in [0.1, 0.15) is 49.7 Å². The van der Waals surface area contributed by atoms with Crippen LogP contribution in [0.3, 0.4) is 0 Å². The molecule has 2 aromatic rings. The molecule has 0 spiro atoms. The number of nitrogens with one attached hydrogen (secondary N) is 2. The summed E-state index contributed by atoms with van der Waals surface area (Å²) < 4.78 is 0. The molecule has 2 rings (SSSR count). The van der Waals surface area contributed by atoms with Crippen molar-refractivity contribution >= 4 is 17.5 Å². The Morgan fingerprint density at radius 3 is 2.57 bits per heavy atom. The number of hydrogen-bond acceptors (Lipinski definition) is 4. The molecule has 1 aromatic heterocycles. The normalized spacial score (nSPS) is 10.9. The van der Waals surface area contributed by atoms with E-state index >= 15 is 0 Å². The Kier molecular flexibility index (Phi) is 5.68. The van der Waals surface area contributed by atoms with Gasteiger partial charge in [-0.2, -0.15) is 0 Å². The maximum Gasteiger partial charge on any atom is 0.274 e. The topological polar surface area (TPSA) is 66.9 Å². The minimum absolute atomic E-state index is 0.229. The third-order valence-corrected chi connectivity index (χ3v) is 3.39. The standard InChI is InChI=1S/C18H24N4O/c1-12(2)11-20-18-19-10-9-16(22-18)17(23)21-15-8-6-5-7-14(15)13(3)4/h5-10,12-13H,11H2,1-4H3,(H,21,23)(H,19,20,22). The second-order valence-corrected chi connectivity index (χ2v) is 6.24. The Hall–Kier alpha value is -2.43. The molecular weight excluding hydrogens is 288 g/mol. The highest BCUT2D eigenvalue weighted by atomic mass is 16.1. The van der Waals surface area contributed by atoms with Crippen molar-refractivity contribution in [3.63, 3.8) is 0 Å². The number of amides is 1. The van der Waals surface area contributed by atoms with Crippen LogP contribution >= 0.6 is 0 Å². The number of anilines is 2. The summed E-state index contributed by atoms with van der Waals surface area (Å²) >= 11 is 0. The number of para-hydroxylation sites is 1. The summed E-state index contributed by atoms with van der Waals surface area (Å²) in [5, 5.41) is 6.07. The Bertz CT molecular complexity index is 668. The number of carbonyl (C=O) groups excluding carboxylic acids is 1. The van der Waals surface area contributed by atoms with E-state index in [0.717, 1.165) is 17.8 Å². The minimum Gasteiger partial charge on any atom is -0.354 e. The quantitative estimate of drug-likeness (QED) is 0.848. The average molecular weight is 312 g/mol. The van der Waals surface area contributed by atoms with Gasteiger partial charge in [0.1, 0.15) is 5.69 Å². The lowest BCUT2D eigenvalue weighted by Gasteiger charge is -2.13. The third kappa shape index (κ3) is 4.77. The molecule has 1 amide bonds. The van der Waals surface area contributed by atoms with Gasteiger partial charge in [-0.15, -0.1) is 0 Å². The Morgan fingerprint density at radius 1 is 1.13 bits per heavy atom. The van der Waals surface area contributed by atoms with E-state index in [-0.39, 0.29) is 5.91 Å². The van der Waals surface area contributed by atoms with E-state index in [9.17, 15) is 4.79 Å². The zero-order chi connectivity index (χ0) is 16.8. The van der Waals surface area contributed by atoms with Gasteiger partial charge >= 0.3 is 0 Å². The molecule has 0 atom stereocenters. The van der Waals surface area contributed by atoms with E-state index < -0.39 is 0 Å². The third-order valence-electron chi connectivity index (χ3n) is 3.39. The monoisotopic (exact) mass is 312 g/mol. The van der Waals surface area contributed by atoms with Crippen LogP contribution in [0, 0.1) is 5.92 Å². The first-order valence-electron chi connectivity index (χ1n) is 7.94. The fourth-order valence-electron chi connectivity index (χ4n) is 2.17. The van der Waals surface area contributed by atoms with Crippen LogP contribution in [-0.2, 0) is 0 Å². The van der Waals surface area contributed by atoms with Gasteiger partial charge in [-0.05, 0) is 29.5 Å². The summed E-state index contributed by atoms with van der Waals surface area (Å²) in [7, 11) is 0. The highest BCUT2D eigenvalue weighted by molar-refractivity contribution is 6.03. The van der Waals surface area contributed by atoms with Gasteiger partial charge in [0.2, 0.25) is 5.95 Å². The average Bonchev–Trinajstić information content (AvgIpc) is 2.53. The minimum atomic E-state index is -0.229. The molecule has 5 heteroatoms. The van der Waals surface area contributed by atoms with Gasteiger partial charge in [-0.1, -0.05) is 45.9 Å². The van der Waals surface area contributed by atoms with Crippen LogP contribution in [0.4, 0.5) is 11.6 Å². The number of hydrogen-bond donors (Lipinski definition) is 2. The SMILES string of the molecule is CC(C)CNc1nccc(C(=O)Nc2ccccc2C(C)C)n1. The lowest BCUT2D eigenvalue weighted by atomic mass is 10.0. The molecule has 0 aliphatic heterocycles. The molecule has 0 radical (unpaired) electrons. The first-order valence-corrected chi connectivity index (χ1v) is 7.94. The molecule has 0 fully saturated rings. The predicted molar refractivity (Wildman–Crippen MR) is 93.8 cm³/mol. The number of benzene rings is 1. The predicted octanol–water partition coefficient (Wildman–Crippen LogP) is 3.92. The molecule has 0 unspecified atom stereocenters. The molecule has 0 saturated heterocycles. The van der Waals surface area contributed by atoms with Gasteiger partial charge in [0, 0.05) is 18.4 Å². The van der Waals surface area contributed by atoms with Gasteiger partial charge in [-0.3, -0.25) is 4.79 Å². The van der Waals surface area contributed by atoms with Crippen molar-refractivity contribution in [1.29, 1.82) is 0 Å². The molecule has 0 aliphatic rings. The van der Waals surface area contributed by atoms with Gasteiger partial charge in [0.25, 0.3) is 5.91 Å². The fourth-order valence-corrected chi connectivity index (χ4v) is 2.17. The van der Waals surface area contributed by atoms with Crippen molar-refractivity contribution < 1.29 is 4.79 Å². The first kappa shape index (κ1) is 16.9. The van der Waals surface area contributed by atoms with Gasteiger partial charge in [-0.25, -0.2) is 9.97 Å². The Morgan fingerprint density at radius 2 is 1.87 bits per heavy atom. The molecule has 0 bridgehead atoms. The Labute approximate surface area is 137 Å². The van der Waals surface area contributed by atoms with Crippen LogP contribution in [0.25, 0.3) is 0 Å². The highest BCUT2D eigenvalue weighted by Crippen LogP contribution is 2.24. The molecule has 1 aromatic carbocycles. The number of nitrogens with zero attached hydrogens (tertiary/aromatic N) is 2.